The van der Waals surface area contributed by atoms with Gasteiger partial charge in [-0.05, 0) is 31.0 Å². The first kappa shape index (κ1) is 13.0. The lowest BCUT2D eigenvalue weighted by atomic mass is 10.1. The highest BCUT2D eigenvalue weighted by atomic mass is 15.1. The number of nitrogens with zero attached hydrogens (tertiary/aromatic N) is 1. The summed E-state index contributed by atoms with van der Waals surface area (Å²) in [6.45, 7) is 7.76. The average molecular weight is 220 g/mol. The Labute approximate surface area is 99.7 Å². The molecule has 0 atom stereocenters. The number of para-hydroxylation sites is 1. The van der Waals surface area contributed by atoms with Crippen molar-refractivity contribution in [2.75, 3.05) is 31.6 Å². The summed E-state index contributed by atoms with van der Waals surface area (Å²) >= 11 is 0. The molecule has 0 saturated carbocycles. The molecule has 0 aromatic heterocycles. The fraction of sp³-hybridized carbons (Fsp3) is 0.571. The average Bonchev–Trinajstić information content (AvgIpc) is 2.29. The Bertz CT molecular complexity index is 269. The predicted molar refractivity (Wildman–Crippen MR) is 72.0 cm³/mol. The number of hydrogen-bond donors (Lipinski definition) is 1. The molecule has 0 saturated heterocycles. The van der Waals surface area contributed by atoms with Crippen molar-refractivity contribution in [3.8, 4) is 0 Å². The van der Waals surface area contributed by atoms with Crippen LogP contribution in [0.5, 0.6) is 0 Å². The summed E-state index contributed by atoms with van der Waals surface area (Å²) in [5, 5.41) is 3.48. The van der Waals surface area contributed by atoms with E-state index in [1.54, 1.807) is 0 Å². The first-order valence-corrected chi connectivity index (χ1v) is 6.17. The van der Waals surface area contributed by atoms with Crippen molar-refractivity contribution in [1.29, 1.82) is 0 Å². The van der Waals surface area contributed by atoms with Gasteiger partial charge in [0.05, 0.1) is 0 Å². The minimum Gasteiger partial charge on any atom is -0.373 e. The molecule has 2 nitrogen and oxygen atoms in total. The lowest BCUT2D eigenvalue weighted by Crippen LogP contribution is -2.29. The minimum absolute atomic E-state index is 0.791. The molecule has 0 heterocycles. The lowest BCUT2D eigenvalue weighted by molar-refractivity contribution is 0.539. The number of hydrogen-bond acceptors (Lipinski definition) is 2. The molecule has 16 heavy (non-hydrogen) atoms. The van der Waals surface area contributed by atoms with E-state index in [4.69, 9.17) is 0 Å². The summed E-state index contributed by atoms with van der Waals surface area (Å²) in [4.78, 5) is 2.28. The van der Waals surface area contributed by atoms with E-state index in [0.29, 0.717) is 0 Å². The van der Waals surface area contributed by atoms with Crippen LogP contribution in [0.15, 0.2) is 30.3 Å². The maximum absolute atomic E-state index is 3.48. The second kappa shape index (κ2) is 7.29. The molecule has 1 aromatic carbocycles. The zero-order chi connectivity index (χ0) is 11.8. The van der Waals surface area contributed by atoms with Gasteiger partial charge in [0.25, 0.3) is 0 Å². The van der Waals surface area contributed by atoms with Crippen LogP contribution in [0, 0.1) is 5.92 Å². The third-order valence-electron chi connectivity index (χ3n) is 2.72. The third-order valence-corrected chi connectivity index (χ3v) is 2.72. The SMILES string of the molecule is CC(C)CCNCCN(C)c1ccccc1. The number of benzene rings is 1. The van der Waals surface area contributed by atoms with E-state index in [1.807, 2.05) is 0 Å². The molecule has 0 amide bonds. The van der Waals surface area contributed by atoms with Gasteiger partial charge in [-0.2, -0.15) is 0 Å². The Balaban J connectivity index is 2.14. The van der Waals surface area contributed by atoms with Gasteiger partial charge < -0.3 is 10.2 Å². The number of rotatable bonds is 7. The molecule has 90 valence electrons. The highest BCUT2D eigenvalue weighted by Crippen LogP contribution is 2.09. The van der Waals surface area contributed by atoms with Gasteiger partial charge in [-0.25, -0.2) is 0 Å². The van der Waals surface area contributed by atoms with Crippen LogP contribution < -0.4 is 10.2 Å². The topological polar surface area (TPSA) is 15.3 Å². The fourth-order valence-corrected chi connectivity index (χ4v) is 1.57. The minimum atomic E-state index is 0.791. The number of likely N-dealkylation sites (N-methyl/N-ethyl adjacent to an activating group) is 1. The molecule has 2 heteroatoms. The Hall–Kier alpha value is -1.02. The molecule has 0 aliphatic carbocycles. The lowest BCUT2D eigenvalue weighted by Gasteiger charge is -2.19. The second-order valence-corrected chi connectivity index (χ2v) is 4.69. The monoisotopic (exact) mass is 220 g/mol. The molecule has 0 spiro atoms. The second-order valence-electron chi connectivity index (χ2n) is 4.69. The first-order valence-electron chi connectivity index (χ1n) is 6.17. The molecular weight excluding hydrogens is 196 g/mol. The van der Waals surface area contributed by atoms with Gasteiger partial charge in [-0.1, -0.05) is 32.0 Å². The van der Waals surface area contributed by atoms with Crippen LogP contribution in [0.25, 0.3) is 0 Å². The summed E-state index contributed by atoms with van der Waals surface area (Å²) in [5.41, 5.74) is 1.29. The van der Waals surface area contributed by atoms with Gasteiger partial charge in [0.2, 0.25) is 0 Å². The number of nitrogens with one attached hydrogen (secondary N) is 1. The smallest absolute Gasteiger partial charge is 0.0364 e. The van der Waals surface area contributed by atoms with Gasteiger partial charge >= 0.3 is 0 Å². The van der Waals surface area contributed by atoms with Gasteiger partial charge in [-0.15, -0.1) is 0 Å². The van der Waals surface area contributed by atoms with Crippen LogP contribution in [0.2, 0.25) is 0 Å². The quantitative estimate of drug-likeness (QED) is 0.711. The van der Waals surface area contributed by atoms with Crippen molar-refractivity contribution in [3.05, 3.63) is 30.3 Å². The Morgan fingerprint density at radius 1 is 1.12 bits per heavy atom. The van der Waals surface area contributed by atoms with Crippen molar-refractivity contribution in [2.45, 2.75) is 20.3 Å². The van der Waals surface area contributed by atoms with E-state index >= 15 is 0 Å². The summed E-state index contributed by atoms with van der Waals surface area (Å²) in [7, 11) is 2.14. The largest absolute Gasteiger partial charge is 0.373 e. The molecule has 1 aromatic rings. The van der Waals surface area contributed by atoms with Crippen molar-refractivity contribution in [3.63, 3.8) is 0 Å². The predicted octanol–water partition coefficient (Wildman–Crippen LogP) is 2.76. The Morgan fingerprint density at radius 3 is 2.44 bits per heavy atom. The van der Waals surface area contributed by atoms with Crippen LogP contribution in [-0.4, -0.2) is 26.7 Å². The van der Waals surface area contributed by atoms with Gasteiger partial charge in [-0.3, -0.25) is 0 Å². The maximum Gasteiger partial charge on any atom is 0.0364 e. The van der Waals surface area contributed by atoms with Crippen LogP contribution in [0.3, 0.4) is 0 Å². The zero-order valence-electron chi connectivity index (χ0n) is 10.7. The summed E-state index contributed by atoms with van der Waals surface area (Å²) < 4.78 is 0. The molecule has 1 N–H and O–H groups in total. The normalized spacial score (nSPS) is 10.8. The molecule has 0 aliphatic rings. The van der Waals surface area contributed by atoms with Gasteiger partial charge in [0.1, 0.15) is 0 Å². The van der Waals surface area contributed by atoms with Gasteiger partial charge in [0.15, 0.2) is 0 Å². The van der Waals surface area contributed by atoms with Crippen LogP contribution in [0.1, 0.15) is 20.3 Å². The third kappa shape index (κ3) is 5.17. The highest BCUT2D eigenvalue weighted by Gasteiger charge is 1.98. The Morgan fingerprint density at radius 2 is 1.81 bits per heavy atom. The summed E-state index contributed by atoms with van der Waals surface area (Å²) in [6, 6.07) is 10.5. The molecule has 0 radical (unpaired) electrons. The molecule has 0 fully saturated rings. The van der Waals surface area contributed by atoms with E-state index in [9.17, 15) is 0 Å². The van der Waals surface area contributed by atoms with Crippen molar-refractivity contribution >= 4 is 5.69 Å². The Kier molecular flexibility index (Phi) is 5.94. The first-order chi connectivity index (χ1) is 7.70. The highest BCUT2D eigenvalue weighted by molar-refractivity contribution is 5.44. The van der Waals surface area contributed by atoms with E-state index in [1.165, 1.54) is 12.1 Å². The number of anilines is 1. The van der Waals surface area contributed by atoms with Crippen LogP contribution >= 0.6 is 0 Å². The maximum atomic E-state index is 3.48. The van der Waals surface area contributed by atoms with Gasteiger partial charge in [0, 0.05) is 25.8 Å². The van der Waals surface area contributed by atoms with E-state index < -0.39 is 0 Å². The van der Waals surface area contributed by atoms with Crippen molar-refractivity contribution in [2.24, 2.45) is 5.92 Å². The van der Waals surface area contributed by atoms with E-state index in [-0.39, 0.29) is 0 Å². The van der Waals surface area contributed by atoms with Crippen LogP contribution in [-0.2, 0) is 0 Å². The van der Waals surface area contributed by atoms with Crippen LogP contribution in [0.4, 0.5) is 5.69 Å². The fourth-order valence-electron chi connectivity index (χ4n) is 1.57. The van der Waals surface area contributed by atoms with Crippen molar-refractivity contribution < 1.29 is 0 Å². The molecule has 1 rings (SSSR count). The molecule has 0 bridgehead atoms. The summed E-state index contributed by atoms with van der Waals surface area (Å²) in [5.74, 6) is 0.791. The summed E-state index contributed by atoms with van der Waals surface area (Å²) in [6.07, 6.45) is 1.26. The van der Waals surface area contributed by atoms with E-state index in [2.05, 4.69) is 61.4 Å². The standard InChI is InChI=1S/C14H24N2/c1-13(2)9-10-15-11-12-16(3)14-7-5-4-6-8-14/h4-8,13,15H,9-12H2,1-3H3. The van der Waals surface area contributed by atoms with Crippen molar-refractivity contribution in [1.82, 2.24) is 5.32 Å². The zero-order valence-corrected chi connectivity index (χ0v) is 10.7. The molecule has 0 unspecified atom stereocenters. The molecular formula is C14H24N2. The van der Waals surface area contributed by atoms with E-state index in [0.717, 1.165) is 25.6 Å². The molecule has 0 aliphatic heterocycles.